The number of rotatable bonds is 3. The summed E-state index contributed by atoms with van der Waals surface area (Å²) in [7, 11) is 0. The van der Waals surface area contributed by atoms with Crippen LogP contribution >= 0.6 is 0 Å². The lowest BCUT2D eigenvalue weighted by Gasteiger charge is -2.37. The molecule has 134 valence electrons. The highest BCUT2D eigenvalue weighted by molar-refractivity contribution is 5.96. The van der Waals surface area contributed by atoms with Gasteiger partial charge in [0.1, 0.15) is 23.5 Å². The summed E-state index contributed by atoms with van der Waals surface area (Å²) in [4.78, 5) is 23.3. The average molecular weight is 356 g/mol. The number of hydrogen-bond donors (Lipinski definition) is 1. The summed E-state index contributed by atoms with van der Waals surface area (Å²) in [6, 6.07) is 5.68. The highest BCUT2D eigenvalue weighted by Gasteiger charge is 2.33. The maximum atomic E-state index is 13.3. The topological polar surface area (TPSA) is 76.6 Å². The van der Waals surface area contributed by atoms with E-state index in [-0.39, 0.29) is 12.7 Å². The van der Waals surface area contributed by atoms with Crippen molar-refractivity contribution in [2.45, 2.75) is 19.0 Å². The lowest BCUT2D eigenvalue weighted by Crippen LogP contribution is -2.50. The second kappa shape index (κ2) is 5.82. The van der Waals surface area contributed by atoms with Gasteiger partial charge in [-0.05, 0) is 24.1 Å². The Morgan fingerprint density at radius 1 is 1.23 bits per heavy atom. The molecule has 2 aromatic rings. The first kappa shape index (κ1) is 15.4. The Morgan fingerprint density at radius 2 is 2.08 bits per heavy atom. The predicted molar refractivity (Wildman–Crippen MR) is 90.5 cm³/mol. The zero-order chi connectivity index (χ0) is 17.7. The Balaban J connectivity index is 1.51. The van der Waals surface area contributed by atoms with E-state index in [1.807, 2.05) is 23.1 Å². The third-order valence-corrected chi connectivity index (χ3v) is 4.84. The molecular weight excluding hydrogens is 339 g/mol. The van der Waals surface area contributed by atoms with Gasteiger partial charge in [-0.25, -0.2) is 14.4 Å². The quantitative estimate of drug-likeness (QED) is 0.892. The highest BCUT2D eigenvalue weighted by atomic mass is 19.1. The Kier molecular flexibility index (Phi) is 3.44. The van der Waals surface area contributed by atoms with Crippen LogP contribution in [-0.4, -0.2) is 48.5 Å². The van der Waals surface area contributed by atoms with Crippen LogP contribution in [0.1, 0.15) is 27.4 Å². The number of halogens is 1. The van der Waals surface area contributed by atoms with Gasteiger partial charge < -0.3 is 19.7 Å². The van der Waals surface area contributed by atoms with Crippen molar-refractivity contribution in [3.63, 3.8) is 0 Å². The Hall–Kier alpha value is -2.90. The van der Waals surface area contributed by atoms with Crippen LogP contribution in [0.5, 0.6) is 11.5 Å². The van der Waals surface area contributed by atoms with Crippen LogP contribution in [0.15, 0.2) is 18.2 Å². The number of alkyl halides is 1. The minimum absolute atomic E-state index is 0.195. The van der Waals surface area contributed by atoms with Crippen molar-refractivity contribution >= 4 is 11.7 Å². The lowest BCUT2D eigenvalue weighted by molar-refractivity contribution is 0.0940. The molecule has 0 atom stereocenters. The van der Waals surface area contributed by atoms with Crippen LogP contribution in [0.4, 0.5) is 10.2 Å². The van der Waals surface area contributed by atoms with Crippen LogP contribution in [0.25, 0.3) is 0 Å². The van der Waals surface area contributed by atoms with Crippen molar-refractivity contribution < 1.29 is 18.7 Å². The predicted octanol–water partition coefficient (Wildman–Crippen LogP) is 1.24. The van der Waals surface area contributed by atoms with E-state index in [9.17, 15) is 9.18 Å². The largest absolute Gasteiger partial charge is 0.454 e. The SMILES string of the molecule is O=C1NCCc2c1nc(Cc1ccc3c(c1)OCO3)nc2N1CC(F)C1. The fourth-order valence-corrected chi connectivity index (χ4v) is 3.49. The van der Waals surface area contributed by atoms with Gasteiger partial charge in [-0.1, -0.05) is 6.07 Å². The highest BCUT2D eigenvalue weighted by Crippen LogP contribution is 2.33. The number of benzene rings is 1. The number of amides is 1. The number of ether oxygens (including phenoxy) is 2. The van der Waals surface area contributed by atoms with E-state index in [2.05, 4.69) is 15.3 Å². The van der Waals surface area contributed by atoms with Gasteiger partial charge >= 0.3 is 0 Å². The maximum Gasteiger partial charge on any atom is 0.270 e. The summed E-state index contributed by atoms with van der Waals surface area (Å²) in [5.41, 5.74) is 2.18. The summed E-state index contributed by atoms with van der Waals surface area (Å²) in [5.74, 6) is 2.45. The van der Waals surface area contributed by atoms with Gasteiger partial charge in [0, 0.05) is 18.5 Å². The molecule has 1 N–H and O–H groups in total. The summed E-state index contributed by atoms with van der Waals surface area (Å²) in [5, 5.41) is 2.82. The molecule has 4 heterocycles. The van der Waals surface area contributed by atoms with Gasteiger partial charge in [0.05, 0.1) is 13.1 Å². The van der Waals surface area contributed by atoms with Gasteiger partial charge in [0.2, 0.25) is 6.79 Å². The second-order valence-electron chi connectivity index (χ2n) is 6.66. The number of carbonyl (C=O) groups is 1. The average Bonchev–Trinajstić information content (AvgIpc) is 3.07. The van der Waals surface area contributed by atoms with Crippen molar-refractivity contribution in [1.29, 1.82) is 0 Å². The fraction of sp³-hybridized carbons (Fsp3) is 0.389. The molecule has 1 amide bonds. The molecule has 0 saturated carbocycles. The van der Waals surface area contributed by atoms with Gasteiger partial charge in [-0.2, -0.15) is 0 Å². The minimum atomic E-state index is -0.838. The molecule has 1 aromatic heterocycles. The van der Waals surface area contributed by atoms with Crippen LogP contribution in [0, 0.1) is 0 Å². The number of hydrogen-bond acceptors (Lipinski definition) is 6. The van der Waals surface area contributed by atoms with Crippen molar-refractivity contribution in [3.8, 4) is 11.5 Å². The van der Waals surface area contributed by atoms with E-state index >= 15 is 0 Å². The molecule has 0 radical (unpaired) electrons. The molecule has 0 bridgehead atoms. The Morgan fingerprint density at radius 3 is 2.92 bits per heavy atom. The number of carbonyl (C=O) groups excluding carboxylic acids is 1. The molecule has 8 heteroatoms. The standard InChI is InChI=1S/C18H17FN4O3/c19-11-7-23(8-11)17-12-3-4-20-18(24)16(12)21-15(22-17)6-10-1-2-13-14(5-10)26-9-25-13/h1-2,5,11H,3-4,6-9H2,(H,20,24). The number of nitrogens with zero attached hydrogens (tertiary/aromatic N) is 3. The lowest BCUT2D eigenvalue weighted by atomic mass is 10.0. The van der Waals surface area contributed by atoms with E-state index in [1.165, 1.54) is 0 Å². The van der Waals surface area contributed by atoms with E-state index in [1.54, 1.807) is 0 Å². The summed E-state index contributed by atoms with van der Waals surface area (Å²) in [6.07, 6.45) is 0.279. The zero-order valence-electron chi connectivity index (χ0n) is 14.0. The summed E-state index contributed by atoms with van der Waals surface area (Å²) < 4.78 is 24.1. The number of anilines is 1. The van der Waals surface area contributed by atoms with Crippen LogP contribution < -0.4 is 19.7 Å². The second-order valence-corrected chi connectivity index (χ2v) is 6.66. The molecule has 1 fully saturated rings. The van der Waals surface area contributed by atoms with Crippen LogP contribution in [-0.2, 0) is 12.8 Å². The number of fused-ring (bicyclic) bond motifs is 2. The third-order valence-electron chi connectivity index (χ3n) is 4.84. The first-order valence-corrected chi connectivity index (χ1v) is 8.63. The molecule has 3 aliphatic rings. The molecular formula is C18H17FN4O3. The van der Waals surface area contributed by atoms with Gasteiger partial charge in [0.25, 0.3) is 5.91 Å². The summed E-state index contributed by atoms with van der Waals surface area (Å²) >= 11 is 0. The smallest absolute Gasteiger partial charge is 0.270 e. The normalized spacial score (nSPS) is 18.3. The van der Waals surface area contributed by atoms with E-state index in [0.717, 1.165) is 16.9 Å². The van der Waals surface area contributed by atoms with Gasteiger partial charge in [-0.15, -0.1) is 0 Å². The molecule has 7 nitrogen and oxygen atoms in total. The molecule has 3 aliphatic heterocycles. The van der Waals surface area contributed by atoms with Gasteiger partial charge in [0.15, 0.2) is 11.5 Å². The Bertz CT molecular complexity index is 898. The first-order valence-electron chi connectivity index (χ1n) is 8.63. The van der Waals surface area contributed by atoms with Crippen molar-refractivity contribution in [1.82, 2.24) is 15.3 Å². The zero-order valence-corrected chi connectivity index (χ0v) is 14.0. The Labute approximate surface area is 149 Å². The molecule has 0 unspecified atom stereocenters. The van der Waals surface area contributed by atoms with Crippen molar-refractivity contribution in [2.24, 2.45) is 0 Å². The van der Waals surface area contributed by atoms with Gasteiger partial charge in [-0.3, -0.25) is 4.79 Å². The maximum absolute atomic E-state index is 13.3. The summed E-state index contributed by atoms with van der Waals surface area (Å²) in [6.45, 7) is 1.40. The molecule has 1 saturated heterocycles. The van der Waals surface area contributed by atoms with Crippen molar-refractivity contribution in [2.75, 3.05) is 31.3 Å². The van der Waals surface area contributed by atoms with E-state index < -0.39 is 6.17 Å². The van der Waals surface area contributed by atoms with E-state index in [4.69, 9.17) is 9.47 Å². The monoisotopic (exact) mass is 356 g/mol. The first-order chi connectivity index (χ1) is 12.7. The van der Waals surface area contributed by atoms with Crippen LogP contribution in [0.3, 0.4) is 0 Å². The molecule has 5 rings (SSSR count). The fourth-order valence-electron chi connectivity index (χ4n) is 3.49. The minimum Gasteiger partial charge on any atom is -0.454 e. The van der Waals surface area contributed by atoms with E-state index in [0.29, 0.717) is 55.6 Å². The van der Waals surface area contributed by atoms with Crippen molar-refractivity contribution in [3.05, 3.63) is 40.8 Å². The molecule has 26 heavy (non-hydrogen) atoms. The molecule has 1 aromatic carbocycles. The van der Waals surface area contributed by atoms with Crippen LogP contribution in [0.2, 0.25) is 0 Å². The number of nitrogens with one attached hydrogen (secondary N) is 1. The molecule has 0 spiro atoms. The molecule has 0 aliphatic carbocycles. The third kappa shape index (κ3) is 2.53. The number of aromatic nitrogens is 2.